The van der Waals surface area contributed by atoms with Gasteiger partial charge < -0.3 is 25.8 Å². The van der Waals surface area contributed by atoms with E-state index in [2.05, 4.69) is 16.0 Å². The van der Waals surface area contributed by atoms with Gasteiger partial charge in [0.15, 0.2) is 0 Å². The molecule has 2 aliphatic heterocycles. The predicted molar refractivity (Wildman–Crippen MR) is 118 cm³/mol. The summed E-state index contributed by atoms with van der Waals surface area (Å²) in [4.78, 5) is 27.3. The van der Waals surface area contributed by atoms with Crippen molar-refractivity contribution in [3.05, 3.63) is 42.5 Å². The number of hydrogen-bond acceptors (Lipinski definition) is 6. The Morgan fingerprint density at radius 2 is 1.90 bits per heavy atom. The Labute approximate surface area is 181 Å². The summed E-state index contributed by atoms with van der Waals surface area (Å²) in [7, 11) is 1.71. The van der Waals surface area contributed by atoms with Crippen LogP contribution in [-0.2, 0) is 14.3 Å². The highest BCUT2D eigenvalue weighted by atomic mass is 16.5. The van der Waals surface area contributed by atoms with Gasteiger partial charge >= 0.3 is 0 Å². The molecule has 2 aliphatic rings. The van der Waals surface area contributed by atoms with Crippen LogP contribution < -0.4 is 16.0 Å². The summed E-state index contributed by atoms with van der Waals surface area (Å²) in [6.45, 7) is 2.17. The number of aliphatic hydroxyl groups is 1. The highest BCUT2D eigenvalue weighted by molar-refractivity contribution is 6.03. The number of nitrogens with zero attached hydrogens (tertiary/aromatic N) is 1. The van der Waals surface area contributed by atoms with Gasteiger partial charge in [0.25, 0.3) is 0 Å². The van der Waals surface area contributed by atoms with Gasteiger partial charge in [-0.15, -0.1) is 0 Å². The highest BCUT2D eigenvalue weighted by Crippen LogP contribution is 2.32. The molecule has 4 rings (SSSR count). The lowest BCUT2D eigenvalue weighted by Crippen LogP contribution is -2.58. The van der Waals surface area contributed by atoms with Crippen LogP contribution in [-0.4, -0.2) is 66.1 Å². The summed E-state index contributed by atoms with van der Waals surface area (Å²) >= 11 is 0. The maximum atomic E-state index is 13.2. The topological polar surface area (TPSA) is 103 Å². The zero-order valence-corrected chi connectivity index (χ0v) is 17.9. The van der Waals surface area contributed by atoms with Crippen LogP contribution in [0.1, 0.15) is 26.2 Å². The largest absolute Gasteiger partial charge is 0.376 e. The number of nitrogens with one attached hydrogen (secondary N) is 3. The first-order valence-corrected chi connectivity index (χ1v) is 10.8. The molecule has 31 heavy (non-hydrogen) atoms. The molecule has 2 heterocycles. The summed E-state index contributed by atoms with van der Waals surface area (Å²) in [5.41, 5.74) is 0.740. The molecule has 0 aliphatic carbocycles. The fourth-order valence-corrected chi connectivity index (χ4v) is 4.41. The third-order valence-corrected chi connectivity index (χ3v) is 6.29. The number of benzene rings is 2. The molecule has 5 atom stereocenters. The molecule has 2 aromatic carbocycles. The van der Waals surface area contributed by atoms with Crippen LogP contribution in [0.5, 0.6) is 0 Å². The number of fused-ring (bicyclic) bond motifs is 2. The molecule has 4 N–H and O–H groups in total. The Kier molecular flexibility index (Phi) is 6.52. The van der Waals surface area contributed by atoms with Crippen molar-refractivity contribution in [3.8, 4) is 0 Å². The SMILES string of the molecule is CN[C@@H](C)C(=O)N[C@H]1CCO[C@H]2CC[C@@H](C(=O)Nc3cccc4ccccc34)N2C1O. The monoisotopic (exact) mass is 426 g/mol. The molecule has 2 fully saturated rings. The normalized spacial score (nSPS) is 27.3. The Morgan fingerprint density at radius 1 is 1.13 bits per heavy atom. The Morgan fingerprint density at radius 3 is 2.71 bits per heavy atom. The Balaban J connectivity index is 1.52. The molecule has 2 saturated heterocycles. The summed E-state index contributed by atoms with van der Waals surface area (Å²) < 4.78 is 5.92. The van der Waals surface area contributed by atoms with Gasteiger partial charge in [-0.2, -0.15) is 0 Å². The lowest BCUT2D eigenvalue weighted by atomic mass is 10.1. The Hall–Kier alpha value is -2.52. The smallest absolute Gasteiger partial charge is 0.241 e. The second kappa shape index (κ2) is 9.32. The van der Waals surface area contributed by atoms with Crippen molar-refractivity contribution in [2.45, 2.75) is 56.8 Å². The number of likely N-dealkylation sites (N-methyl/N-ethyl adjacent to an activating group) is 1. The first-order chi connectivity index (χ1) is 15.0. The number of carbonyl (C=O) groups excluding carboxylic acids is 2. The number of rotatable bonds is 5. The molecule has 2 amide bonds. The molecule has 0 radical (unpaired) electrons. The van der Waals surface area contributed by atoms with Gasteiger partial charge in [0, 0.05) is 11.1 Å². The number of anilines is 1. The van der Waals surface area contributed by atoms with E-state index in [1.54, 1.807) is 18.9 Å². The van der Waals surface area contributed by atoms with Crippen LogP contribution in [0.2, 0.25) is 0 Å². The second-order valence-electron chi connectivity index (χ2n) is 8.21. The highest BCUT2D eigenvalue weighted by Gasteiger charge is 2.46. The molecule has 0 aromatic heterocycles. The molecule has 0 spiro atoms. The van der Waals surface area contributed by atoms with Gasteiger partial charge in [-0.25, -0.2) is 4.90 Å². The number of aliphatic hydroxyl groups excluding tert-OH is 1. The summed E-state index contributed by atoms with van der Waals surface area (Å²) in [6, 6.07) is 12.2. The van der Waals surface area contributed by atoms with E-state index in [-0.39, 0.29) is 24.1 Å². The maximum absolute atomic E-state index is 13.2. The molecule has 166 valence electrons. The maximum Gasteiger partial charge on any atom is 0.241 e. The van der Waals surface area contributed by atoms with E-state index in [9.17, 15) is 14.7 Å². The second-order valence-corrected chi connectivity index (χ2v) is 8.21. The van der Waals surface area contributed by atoms with Crippen molar-refractivity contribution in [2.24, 2.45) is 0 Å². The van der Waals surface area contributed by atoms with E-state index in [4.69, 9.17) is 4.74 Å². The first kappa shape index (κ1) is 21.7. The lowest BCUT2D eigenvalue weighted by molar-refractivity contribution is -0.140. The van der Waals surface area contributed by atoms with Gasteiger partial charge in [-0.3, -0.25) is 9.59 Å². The van der Waals surface area contributed by atoms with Gasteiger partial charge in [-0.1, -0.05) is 36.4 Å². The molecule has 0 bridgehead atoms. The van der Waals surface area contributed by atoms with Gasteiger partial charge in [0.2, 0.25) is 11.8 Å². The minimum absolute atomic E-state index is 0.183. The van der Waals surface area contributed by atoms with Crippen LogP contribution in [0.15, 0.2) is 42.5 Å². The standard InChI is InChI=1S/C23H30N4O4/c1-14(24-2)21(28)26-18-12-13-31-20-11-10-19(27(20)23(18)30)22(29)25-17-9-5-7-15-6-3-4-8-16(15)17/h3-9,14,18-20,23-24,30H,10-13H2,1-2H3,(H,25,29)(H,26,28)/t14-,18-,19-,20-,23?/m0/s1. The molecule has 2 aromatic rings. The third-order valence-electron chi connectivity index (χ3n) is 6.29. The van der Waals surface area contributed by atoms with Crippen molar-refractivity contribution in [1.82, 2.24) is 15.5 Å². The van der Waals surface area contributed by atoms with Gasteiger partial charge in [0.1, 0.15) is 12.5 Å². The summed E-state index contributed by atoms with van der Waals surface area (Å²) in [5.74, 6) is -0.377. The Bertz CT molecular complexity index is 947. The van der Waals surface area contributed by atoms with Gasteiger partial charge in [-0.05, 0) is 44.7 Å². The fourth-order valence-electron chi connectivity index (χ4n) is 4.41. The van der Waals surface area contributed by atoms with Crippen LogP contribution >= 0.6 is 0 Å². The average molecular weight is 427 g/mol. The summed E-state index contributed by atoms with van der Waals surface area (Å²) in [5, 5.41) is 22.0. The minimum atomic E-state index is -1.01. The number of carbonyl (C=O) groups is 2. The van der Waals surface area contributed by atoms with E-state index in [0.29, 0.717) is 25.9 Å². The summed E-state index contributed by atoms with van der Waals surface area (Å²) in [6.07, 6.45) is 0.353. The fraction of sp³-hybridized carbons (Fsp3) is 0.478. The average Bonchev–Trinajstić information content (AvgIpc) is 3.15. The van der Waals surface area contributed by atoms with Crippen LogP contribution in [0, 0.1) is 0 Å². The quantitative estimate of drug-likeness (QED) is 0.576. The number of ether oxygens (including phenoxy) is 1. The zero-order chi connectivity index (χ0) is 22.0. The van der Waals surface area contributed by atoms with Crippen LogP contribution in [0.25, 0.3) is 10.8 Å². The first-order valence-electron chi connectivity index (χ1n) is 10.8. The van der Waals surface area contributed by atoms with Crippen molar-refractivity contribution < 1.29 is 19.4 Å². The van der Waals surface area contributed by atoms with Crippen molar-refractivity contribution in [2.75, 3.05) is 19.0 Å². The van der Waals surface area contributed by atoms with E-state index < -0.39 is 18.3 Å². The molecule has 8 heteroatoms. The van der Waals surface area contributed by atoms with Crippen molar-refractivity contribution in [1.29, 1.82) is 0 Å². The lowest BCUT2D eigenvalue weighted by Gasteiger charge is -2.35. The molecule has 8 nitrogen and oxygen atoms in total. The van der Waals surface area contributed by atoms with Crippen molar-refractivity contribution in [3.63, 3.8) is 0 Å². The molecular weight excluding hydrogens is 396 g/mol. The van der Waals surface area contributed by atoms with Crippen LogP contribution in [0.4, 0.5) is 5.69 Å². The van der Waals surface area contributed by atoms with E-state index in [1.165, 1.54) is 0 Å². The minimum Gasteiger partial charge on any atom is -0.376 e. The number of hydrogen-bond donors (Lipinski definition) is 4. The zero-order valence-electron chi connectivity index (χ0n) is 17.9. The number of amides is 2. The van der Waals surface area contributed by atoms with Crippen molar-refractivity contribution >= 4 is 28.3 Å². The molecular formula is C23H30N4O4. The third kappa shape index (κ3) is 4.43. The van der Waals surface area contributed by atoms with Gasteiger partial charge in [0.05, 0.1) is 24.7 Å². The van der Waals surface area contributed by atoms with E-state index in [0.717, 1.165) is 16.5 Å². The van der Waals surface area contributed by atoms with E-state index >= 15 is 0 Å². The predicted octanol–water partition coefficient (Wildman–Crippen LogP) is 1.40. The van der Waals surface area contributed by atoms with Crippen LogP contribution in [0.3, 0.4) is 0 Å². The van der Waals surface area contributed by atoms with E-state index in [1.807, 2.05) is 42.5 Å². The molecule has 1 unspecified atom stereocenters. The molecule has 0 saturated carbocycles.